The minimum absolute atomic E-state index is 0.761. The van der Waals surface area contributed by atoms with E-state index in [2.05, 4.69) is 66.0 Å². The average molecular weight is 279 g/mol. The maximum atomic E-state index is 3.50. The van der Waals surface area contributed by atoms with Crippen LogP contribution in [0.15, 0.2) is 60.7 Å². The third kappa shape index (κ3) is 4.18. The molecule has 1 aliphatic rings. The highest BCUT2D eigenvalue weighted by Gasteiger charge is 2.23. The molecule has 0 saturated carbocycles. The van der Waals surface area contributed by atoms with Crippen molar-refractivity contribution in [3.8, 4) is 0 Å². The summed E-state index contributed by atoms with van der Waals surface area (Å²) in [6.07, 6.45) is 5.06. The maximum absolute atomic E-state index is 3.50. The lowest BCUT2D eigenvalue weighted by molar-refractivity contribution is 0.255. The van der Waals surface area contributed by atoms with Crippen molar-refractivity contribution >= 4 is 0 Å². The van der Waals surface area contributed by atoms with E-state index in [9.17, 15) is 0 Å². The van der Waals surface area contributed by atoms with E-state index in [0.29, 0.717) is 0 Å². The summed E-state index contributed by atoms with van der Waals surface area (Å²) in [7, 11) is 0. The summed E-state index contributed by atoms with van der Waals surface area (Å²) in [5.41, 5.74) is 2.97. The van der Waals surface area contributed by atoms with E-state index >= 15 is 0 Å². The lowest BCUT2D eigenvalue weighted by Gasteiger charge is -2.31. The quantitative estimate of drug-likeness (QED) is 0.869. The van der Waals surface area contributed by atoms with Gasteiger partial charge in [0.15, 0.2) is 0 Å². The van der Waals surface area contributed by atoms with Crippen molar-refractivity contribution in [3.05, 3.63) is 71.8 Å². The molecule has 3 rings (SSSR count). The second-order valence-electron chi connectivity index (χ2n) is 6.23. The van der Waals surface area contributed by atoms with E-state index in [1.54, 1.807) is 0 Å². The molecule has 110 valence electrons. The molecule has 1 N–H and O–H groups in total. The molecule has 1 aliphatic heterocycles. The minimum Gasteiger partial charge on any atom is -0.317 e. The molecule has 0 atom stereocenters. The summed E-state index contributed by atoms with van der Waals surface area (Å²) >= 11 is 0. The lowest BCUT2D eigenvalue weighted by atomic mass is 9.78. The average Bonchev–Trinajstić information content (AvgIpc) is 2.57. The molecule has 2 aromatic rings. The first-order chi connectivity index (χ1) is 10.4. The molecule has 0 bridgehead atoms. The predicted molar refractivity (Wildman–Crippen MR) is 89.4 cm³/mol. The molecule has 1 fully saturated rings. The largest absolute Gasteiger partial charge is 0.317 e. The normalized spacial score (nSPS) is 16.2. The first-order valence-electron chi connectivity index (χ1n) is 8.20. The Kier molecular flexibility index (Phi) is 5.07. The van der Waals surface area contributed by atoms with Gasteiger partial charge >= 0.3 is 0 Å². The Morgan fingerprint density at radius 2 is 1.24 bits per heavy atom. The smallest absolute Gasteiger partial charge is 0.00462 e. The standard InChI is InChI=1S/C20H25N/c1-3-7-17(8-4-1)15-20(19-11-13-21-14-12-19)16-18-9-5-2-6-10-18/h1-10,19-21H,11-16H2. The van der Waals surface area contributed by atoms with Crippen molar-refractivity contribution in [2.24, 2.45) is 11.8 Å². The Hall–Kier alpha value is -1.60. The fourth-order valence-corrected chi connectivity index (χ4v) is 3.55. The van der Waals surface area contributed by atoms with Gasteiger partial charge in [-0.2, -0.15) is 0 Å². The summed E-state index contributed by atoms with van der Waals surface area (Å²) in [6.45, 7) is 2.37. The highest BCUT2D eigenvalue weighted by atomic mass is 14.9. The van der Waals surface area contributed by atoms with E-state index in [-0.39, 0.29) is 0 Å². The van der Waals surface area contributed by atoms with Crippen LogP contribution < -0.4 is 5.32 Å². The second kappa shape index (κ2) is 7.42. The van der Waals surface area contributed by atoms with Gasteiger partial charge in [0.25, 0.3) is 0 Å². The fourth-order valence-electron chi connectivity index (χ4n) is 3.55. The summed E-state index contributed by atoms with van der Waals surface area (Å²) in [6, 6.07) is 22.0. The lowest BCUT2D eigenvalue weighted by Crippen LogP contribution is -2.33. The van der Waals surface area contributed by atoms with Crippen molar-refractivity contribution in [1.29, 1.82) is 0 Å². The van der Waals surface area contributed by atoms with Crippen LogP contribution in [0.3, 0.4) is 0 Å². The first-order valence-corrected chi connectivity index (χ1v) is 8.20. The number of benzene rings is 2. The van der Waals surface area contributed by atoms with Crippen LogP contribution in [-0.2, 0) is 12.8 Å². The van der Waals surface area contributed by atoms with Gasteiger partial charge in [-0.15, -0.1) is 0 Å². The molecule has 0 radical (unpaired) electrons. The van der Waals surface area contributed by atoms with Crippen LogP contribution in [0.2, 0.25) is 0 Å². The number of rotatable bonds is 5. The topological polar surface area (TPSA) is 12.0 Å². The van der Waals surface area contributed by atoms with Crippen LogP contribution in [0.25, 0.3) is 0 Å². The molecule has 1 nitrogen and oxygen atoms in total. The van der Waals surface area contributed by atoms with Gasteiger partial charge in [-0.1, -0.05) is 60.7 Å². The molecular formula is C20H25N. The van der Waals surface area contributed by atoms with Crippen LogP contribution >= 0.6 is 0 Å². The molecule has 0 unspecified atom stereocenters. The Morgan fingerprint density at radius 3 is 1.71 bits per heavy atom. The molecule has 1 heterocycles. The molecule has 0 aromatic heterocycles. The monoisotopic (exact) mass is 279 g/mol. The molecule has 0 aliphatic carbocycles. The van der Waals surface area contributed by atoms with Crippen LogP contribution in [0, 0.1) is 11.8 Å². The zero-order valence-corrected chi connectivity index (χ0v) is 12.7. The molecule has 1 saturated heterocycles. The van der Waals surface area contributed by atoms with E-state index in [1.165, 1.54) is 49.9 Å². The van der Waals surface area contributed by atoms with Crippen LogP contribution in [0.1, 0.15) is 24.0 Å². The molecule has 0 spiro atoms. The van der Waals surface area contributed by atoms with E-state index in [0.717, 1.165) is 11.8 Å². The first kappa shape index (κ1) is 14.3. The molecule has 0 amide bonds. The van der Waals surface area contributed by atoms with E-state index in [1.807, 2.05) is 0 Å². The SMILES string of the molecule is c1ccc(CC(Cc2ccccc2)C2CCNCC2)cc1. The van der Waals surface area contributed by atoms with Gasteiger partial charge in [-0.3, -0.25) is 0 Å². The van der Waals surface area contributed by atoms with Gasteiger partial charge in [0.05, 0.1) is 0 Å². The Bertz CT molecular complexity index is 473. The summed E-state index contributed by atoms with van der Waals surface area (Å²) in [4.78, 5) is 0. The van der Waals surface area contributed by atoms with Crippen LogP contribution in [0.4, 0.5) is 0 Å². The number of hydrogen-bond acceptors (Lipinski definition) is 1. The van der Waals surface area contributed by atoms with Crippen molar-refractivity contribution in [2.75, 3.05) is 13.1 Å². The Labute approximate surface area is 128 Å². The third-order valence-electron chi connectivity index (χ3n) is 4.73. The summed E-state index contributed by atoms with van der Waals surface area (Å²) in [5.74, 6) is 1.61. The van der Waals surface area contributed by atoms with Gasteiger partial charge in [-0.25, -0.2) is 0 Å². The van der Waals surface area contributed by atoms with Gasteiger partial charge < -0.3 is 5.32 Å². The van der Waals surface area contributed by atoms with Gasteiger partial charge in [0.1, 0.15) is 0 Å². The zero-order chi connectivity index (χ0) is 14.3. The Balaban J connectivity index is 1.73. The maximum Gasteiger partial charge on any atom is -0.00462 e. The second-order valence-corrected chi connectivity index (χ2v) is 6.23. The van der Waals surface area contributed by atoms with Crippen LogP contribution in [-0.4, -0.2) is 13.1 Å². The van der Waals surface area contributed by atoms with E-state index < -0.39 is 0 Å². The van der Waals surface area contributed by atoms with Gasteiger partial charge in [0, 0.05) is 0 Å². The fraction of sp³-hybridized carbons (Fsp3) is 0.400. The molecule has 2 aromatic carbocycles. The van der Waals surface area contributed by atoms with Gasteiger partial charge in [-0.05, 0) is 61.7 Å². The highest BCUT2D eigenvalue weighted by Crippen LogP contribution is 2.28. The predicted octanol–water partition coefficient (Wildman–Crippen LogP) is 4.09. The van der Waals surface area contributed by atoms with Crippen molar-refractivity contribution in [1.82, 2.24) is 5.32 Å². The summed E-state index contributed by atoms with van der Waals surface area (Å²) < 4.78 is 0. The number of piperidine rings is 1. The third-order valence-corrected chi connectivity index (χ3v) is 4.73. The van der Waals surface area contributed by atoms with Crippen LogP contribution in [0.5, 0.6) is 0 Å². The summed E-state index contributed by atoms with van der Waals surface area (Å²) in [5, 5.41) is 3.50. The zero-order valence-electron chi connectivity index (χ0n) is 12.7. The van der Waals surface area contributed by atoms with Crippen molar-refractivity contribution in [2.45, 2.75) is 25.7 Å². The molecule has 21 heavy (non-hydrogen) atoms. The molecular weight excluding hydrogens is 254 g/mol. The molecule has 1 heteroatoms. The Morgan fingerprint density at radius 1 is 0.762 bits per heavy atom. The highest BCUT2D eigenvalue weighted by molar-refractivity contribution is 5.19. The van der Waals surface area contributed by atoms with E-state index in [4.69, 9.17) is 0 Å². The van der Waals surface area contributed by atoms with Crippen molar-refractivity contribution in [3.63, 3.8) is 0 Å². The van der Waals surface area contributed by atoms with Gasteiger partial charge in [0.2, 0.25) is 0 Å². The van der Waals surface area contributed by atoms with Crippen molar-refractivity contribution < 1.29 is 0 Å². The minimum atomic E-state index is 0.761. The number of nitrogens with one attached hydrogen (secondary N) is 1. The number of hydrogen-bond donors (Lipinski definition) is 1.